The molecule has 1 aromatic heterocycles. The maximum Gasteiger partial charge on any atom is 0.351 e. The van der Waals surface area contributed by atoms with E-state index in [1.165, 1.54) is 18.3 Å². The normalized spacial score (nSPS) is 35.3. The van der Waals surface area contributed by atoms with E-state index in [-0.39, 0.29) is 39.8 Å². The van der Waals surface area contributed by atoms with Crippen molar-refractivity contribution in [3.05, 3.63) is 81.7 Å². The number of hydrogen-bond donors (Lipinski definition) is 13. The summed E-state index contributed by atoms with van der Waals surface area (Å²) in [6, 6.07) is 4.56. The summed E-state index contributed by atoms with van der Waals surface area (Å²) in [5.74, 6) is -5.55. The quantitative estimate of drug-likeness (QED) is 0.0535. The molecule has 2 bridgehead atoms. The number of rotatable bonds is 5. The summed E-state index contributed by atoms with van der Waals surface area (Å²) in [6.07, 6.45) is -11.3. The molecule has 1 unspecified atom stereocenters. The molecule has 2 aromatic carbocycles. The minimum atomic E-state index is -2.99. The van der Waals surface area contributed by atoms with E-state index in [9.17, 15) is 70.6 Å². The number of dihydropyridines is 1. The average molecular weight is 851 g/mol. The molecule has 6 heterocycles. The number of carbonyl (C=O) groups is 2. The third-order valence-corrected chi connectivity index (χ3v) is 11.3. The fourth-order valence-electron chi connectivity index (χ4n) is 8.00. The largest absolute Gasteiger partial charge is 0.507 e. The van der Waals surface area contributed by atoms with Crippen LogP contribution in [-0.2, 0) is 30.2 Å². The highest BCUT2D eigenvalue weighted by Crippen LogP contribution is 2.51. The Kier molecular flexibility index (Phi) is 10.2. The monoisotopic (exact) mass is 850 g/mol. The average Bonchev–Trinajstić information content (AvgIpc) is 3.35. The highest BCUT2D eigenvalue weighted by atomic mass is 16.8. The predicted octanol–water partition coefficient (Wildman–Crippen LogP) is -2.77. The highest BCUT2D eigenvalue weighted by Gasteiger charge is 2.67. The second-order valence-corrected chi connectivity index (χ2v) is 15.0. The van der Waals surface area contributed by atoms with Crippen molar-refractivity contribution in [2.45, 2.75) is 84.8 Å². The van der Waals surface area contributed by atoms with E-state index in [1.54, 1.807) is 12.2 Å². The third-order valence-electron chi connectivity index (χ3n) is 11.3. The van der Waals surface area contributed by atoms with Gasteiger partial charge in [0.05, 0.1) is 12.6 Å². The second-order valence-electron chi connectivity index (χ2n) is 15.0. The van der Waals surface area contributed by atoms with Gasteiger partial charge in [0, 0.05) is 47.5 Å². The maximum absolute atomic E-state index is 14.2. The first-order valence-corrected chi connectivity index (χ1v) is 18.6. The van der Waals surface area contributed by atoms with Crippen molar-refractivity contribution in [1.29, 1.82) is 0 Å². The van der Waals surface area contributed by atoms with Crippen LogP contribution in [0.1, 0.15) is 23.5 Å². The summed E-state index contributed by atoms with van der Waals surface area (Å²) in [5.41, 5.74) is -0.738. The molecule has 322 valence electrons. The van der Waals surface area contributed by atoms with E-state index < -0.39 is 125 Å². The smallest absolute Gasteiger partial charge is 0.351 e. The number of aliphatic carboxylic acids is 1. The topological polar surface area (TPSA) is 362 Å². The number of aliphatic hydroxyl groups excluding tert-OH is 7. The lowest BCUT2D eigenvalue weighted by Gasteiger charge is -2.51. The molecule has 0 amide bonds. The molecule has 0 radical (unpaired) electrons. The first-order valence-electron chi connectivity index (χ1n) is 18.6. The molecule has 0 aliphatic carbocycles. The lowest BCUT2D eigenvalue weighted by atomic mass is 9.80. The number of benzene rings is 2. The molecule has 61 heavy (non-hydrogen) atoms. The van der Waals surface area contributed by atoms with Gasteiger partial charge in [-0.3, -0.25) is 4.79 Å². The second kappa shape index (κ2) is 14.9. The fourth-order valence-corrected chi connectivity index (χ4v) is 8.00. The summed E-state index contributed by atoms with van der Waals surface area (Å²) in [6.45, 7) is -0.406. The number of phenols is 3. The highest BCUT2D eigenvalue weighted by molar-refractivity contribution is 5.89. The number of fused-ring (bicyclic) bond motifs is 4. The molecule has 2 saturated heterocycles. The zero-order valence-electron chi connectivity index (χ0n) is 31.3. The molecule has 12 atom stereocenters. The minimum Gasteiger partial charge on any atom is -0.507 e. The summed E-state index contributed by atoms with van der Waals surface area (Å²) in [4.78, 5) is 40.5. The van der Waals surface area contributed by atoms with Gasteiger partial charge in [-0.15, -0.1) is 0 Å². The van der Waals surface area contributed by atoms with Crippen LogP contribution in [0.25, 0.3) is 22.3 Å². The number of aliphatic hydroxyl groups is 7. The number of phenolic OH excluding ortho intramolecular Hbond substituents is 3. The maximum atomic E-state index is 14.2. The number of carboxylic acids is 1. The van der Waals surface area contributed by atoms with Crippen molar-refractivity contribution >= 4 is 22.9 Å². The van der Waals surface area contributed by atoms with Crippen LogP contribution in [-0.4, -0.2) is 141 Å². The molecule has 21 heteroatoms. The summed E-state index contributed by atoms with van der Waals surface area (Å²) in [5, 5.41) is 121. The molecule has 8 rings (SSSR count). The fraction of sp³-hybridized carbons (Fsp3) is 0.375. The van der Waals surface area contributed by atoms with E-state index in [2.05, 4.69) is 17.2 Å². The van der Waals surface area contributed by atoms with E-state index >= 15 is 0 Å². The van der Waals surface area contributed by atoms with Gasteiger partial charge in [0.2, 0.25) is 11.9 Å². The number of carbonyl (C=O) groups excluding carboxylic acids is 1. The Balaban J connectivity index is 1.31. The van der Waals surface area contributed by atoms with Gasteiger partial charge in [-0.2, -0.15) is 0 Å². The van der Waals surface area contributed by atoms with E-state index in [4.69, 9.17) is 29.1 Å². The SMILES string of the molecule is NC1C=CC([C@H]2C=C[C@]3(Oc4cc5oc(-c6cc(O)c(O)c(CCO)c6)cc(=O)c5c(O)c42)O[C@@]2(CC#C[C@]4(C(=O)O)O[C@H](OC2=O)[C@H](O)[C@@H](O)[C@@H]4O)[C@@H](O)[C@H](O)[C@H]3O)=CN1. The predicted molar refractivity (Wildman–Crippen MR) is 201 cm³/mol. The summed E-state index contributed by atoms with van der Waals surface area (Å²) < 4.78 is 29.2. The zero-order valence-corrected chi connectivity index (χ0v) is 31.3. The van der Waals surface area contributed by atoms with Gasteiger partial charge in [0.15, 0.2) is 23.0 Å². The van der Waals surface area contributed by atoms with Crippen LogP contribution >= 0.6 is 0 Å². The Morgan fingerprint density at radius 1 is 0.934 bits per heavy atom. The minimum absolute atomic E-state index is 0.0669. The molecule has 0 saturated carbocycles. The first kappa shape index (κ1) is 41.7. The zero-order chi connectivity index (χ0) is 43.9. The Morgan fingerprint density at radius 2 is 1.69 bits per heavy atom. The third kappa shape index (κ3) is 6.40. The van der Waals surface area contributed by atoms with Gasteiger partial charge < -0.3 is 90.6 Å². The molecule has 5 aliphatic heterocycles. The molecule has 3 aromatic rings. The van der Waals surface area contributed by atoms with Crippen molar-refractivity contribution in [2.75, 3.05) is 6.61 Å². The van der Waals surface area contributed by atoms with Gasteiger partial charge in [-0.1, -0.05) is 24.0 Å². The molecule has 14 N–H and O–H groups in total. The molecule has 2 fully saturated rings. The van der Waals surface area contributed by atoms with Gasteiger partial charge in [-0.25, -0.2) is 9.59 Å². The number of carboxylic acid groups (broad SMARTS) is 1. The van der Waals surface area contributed by atoms with Gasteiger partial charge >= 0.3 is 11.9 Å². The van der Waals surface area contributed by atoms with Crippen molar-refractivity contribution in [3.63, 3.8) is 0 Å². The molecular weight excluding hydrogens is 812 g/mol. The number of ether oxygens (including phenoxy) is 4. The molecular formula is C40H38N2O19. The Labute approximate surface area is 342 Å². The number of hydrogen-bond acceptors (Lipinski definition) is 20. The Morgan fingerprint density at radius 3 is 2.38 bits per heavy atom. The van der Waals surface area contributed by atoms with Crippen LogP contribution in [0.15, 0.2) is 69.6 Å². The van der Waals surface area contributed by atoms with Crippen LogP contribution in [0, 0.1) is 11.8 Å². The number of nitrogens with two attached hydrogens (primary N) is 1. The van der Waals surface area contributed by atoms with Gasteiger partial charge in [0.25, 0.3) is 11.4 Å². The van der Waals surface area contributed by atoms with E-state index in [1.807, 2.05) is 0 Å². The summed E-state index contributed by atoms with van der Waals surface area (Å²) >= 11 is 0. The van der Waals surface area contributed by atoms with Crippen LogP contribution in [0.2, 0.25) is 0 Å². The van der Waals surface area contributed by atoms with Crippen LogP contribution in [0.4, 0.5) is 0 Å². The Bertz CT molecular complexity index is 2560. The number of esters is 1. The lowest BCUT2D eigenvalue weighted by molar-refractivity contribution is -0.350. The van der Waals surface area contributed by atoms with Crippen LogP contribution in [0.3, 0.4) is 0 Å². The molecule has 2 spiro atoms. The van der Waals surface area contributed by atoms with Crippen molar-refractivity contribution in [2.24, 2.45) is 5.73 Å². The van der Waals surface area contributed by atoms with Crippen LogP contribution in [0.5, 0.6) is 23.0 Å². The van der Waals surface area contributed by atoms with Crippen molar-refractivity contribution in [3.8, 4) is 46.2 Å². The van der Waals surface area contributed by atoms with Crippen LogP contribution < -0.4 is 21.2 Å². The van der Waals surface area contributed by atoms with Gasteiger partial charge in [0.1, 0.15) is 58.7 Å². The standard InChI is InChI=1S/C40H38N2O19/c41-24-3-2-16(14-42-24)18-4-8-40(59-23-13-22-26(28(47)25(18)23)19(44)12-21(57-22)17-10-15(5-9-43)27(46)20(45)11-17)34(53)31(50)33(52)39(61-40)7-1-6-38(36(54)55)32(51)29(48)30(49)35(60-38)58-37(39)56/h2-4,8,10-14,18,24,29-35,42-43,45-53H,5,7,9,41H2,(H,54,55)/t18-,24?,29-,30-,31+,32+,33+,34-,35+,38+,39+,40+/m1/s1. The first-order chi connectivity index (χ1) is 28.9. The van der Waals surface area contributed by atoms with Crippen molar-refractivity contribution < 1.29 is 89.1 Å². The van der Waals surface area contributed by atoms with E-state index in [0.717, 1.165) is 24.3 Å². The van der Waals surface area contributed by atoms with Gasteiger partial charge in [-0.05, 0) is 36.3 Å². The summed E-state index contributed by atoms with van der Waals surface area (Å²) in [7, 11) is 0. The number of nitrogens with one attached hydrogen (secondary N) is 1. The number of allylic oxidation sites excluding steroid dienone is 3. The number of aromatic hydroxyl groups is 3. The lowest BCUT2D eigenvalue weighted by Crippen LogP contribution is -2.74. The van der Waals surface area contributed by atoms with Crippen molar-refractivity contribution in [1.82, 2.24) is 5.32 Å². The Hall–Kier alpha value is -6.03. The molecule has 21 nitrogen and oxygen atoms in total. The molecule has 5 aliphatic rings. The van der Waals surface area contributed by atoms with E-state index in [0.29, 0.717) is 5.57 Å².